The molecule has 5 nitrogen and oxygen atoms in total. The van der Waals surface area contributed by atoms with Crippen molar-refractivity contribution in [2.45, 2.75) is 20.1 Å². The van der Waals surface area contributed by atoms with Crippen LogP contribution in [0.3, 0.4) is 0 Å². The van der Waals surface area contributed by atoms with Gasteiger partial charge in [-0.1, -0.05) is 23.7 Å². The molecule has 0 fully saturated rings. The minimum absolute atomic E-state index is 0.0860. The van der Waals surface area contributed by atoms with Gasteiger partial charge in [0, 0.05) is 18.6 Å². The summed E-state index contributed by atoms with van der Waals surface area (Å²) in [6, 6.07) is 16.4. The van der Waals surface area contributed by atoms with Gasteiger partial charge in [0.15, 0.2) is 0 Å². The predicted octanol–water partition coefficient (Wildman–Crippen LogP) is 4.83. The van der Waals surface area contributed by atoms with Gasteiger partial charge in [0.05, 0.1) is 17.3 Å². The number of thiazole rings is 1. The second kappa shape index (κ2) is 8.87. The number of nitrogens with zero attached hydrogens (tertiary/aromatic N) is 3. The summed E-state index contributed by atoms with van der Waals surface area (Å²) in [6.07, 6.45) is 0. The first kappa shape index (κ1) is 19.9. The first-order valence-corrected chi connectivity index (χ1v) is 9.75. The molecular weight excluding hydrogens is 394 g/mol. The van der Waals surface area contributed by atoms with Crippen LogP contribution in [0.5, 0.6) is 5.75 Å². The summed E-state index contributed by atoms with van der Waals surface area (Å²) < 4.78 is 5.71. The van der Waals surface area contributed by atoms with Gasteiger partial charge >= 0.3 is 0 Å². The monoisotopic (exact) mass is 411 g/mol. The van der Waals surface area contributed by atoms with Gasteiger partial charge in [0.2, 0.25) is 0 Å². The summed E-state index contributed by atoms with van der Waals surface area (Å²) in [5.74, 6) is 0.611. The summed E-state index contributed by atoms with van der Waals surface area (Å²) in [5.41, 5.74) is 2.25. The van der Waals surface area contributed by atoms with Crippen LogP contribution in [0.25, 0.3) is 0 Å². The standard InChI is InChI=1S/C21H18ClN3O2S/c1-14-20(21(26)25(2)12-16-5-3-15(11-23)4-6-16)28-19(24-14)13-27-18-9-7-17(22)8-10-18/h3-10H,12-13H2,1-2H3. The Labute approximate surface area is 172 Å². The van der Waals surface area contributed by atoms with Crippen molar-refractivity contribution in [2.24, 2.45) is 0 Å². The Kier molecular flexibility index (Phi) is 6.30. The Morgan fingerprint density at radius 1 is 1.21 bits per heavy atom. The lowest BCUT2D eigenvalue weighted by atomic mass is 10.1. The van der Waals surface area contributed by atoms with Gasteiger partial charge in [-0.15, -0.1) is 11.3 Å². The average Bonchev–Trinajstić information content (AvgIpc) is 3.08. The molecule has 1 amide bonds. The fourth-order valence-corrected chi connectivity index (χ4v) is 3.69. The lowest BCUT2D eigenvalue weighted by Gasteiger charge is -2.16. The van der Waals surface area contributed by atoms with Crippen molar-refractivity contribution in [3.63, 3.8) is 0 Å². The van der Waals surface area contributed by atoms with E-state index in [9.17, 15) is 4.79 Å². The second-order valence-corrected chi connectivity index (χ2v) is 7.75. The van der Waals surface area contributed by atoms with Crippen molar-refractivity contribution in [2.75, 3.05) is 7.05 Å². The van der Waals surface area contributed by atoms with E-state index in [4.69, 9.17) is 21.6 Å². The third-order valence-electron chi connectivity index (χ3n) is 4.06. The topological polar surface area (TPSA) is 66.2 Å². The average molecular weight is 412 g/mol. The van der Waals surface area contributed by atoms with Crippen LogP contribution in [-0.2, 0) is 13.2 Å². The fraction of sp³-hybridized carbons (Fsp3) is 0.190. The number of hydrogen-bond donors (Lipinski definition) is 0. The Morgan fingerprint density at radius 2 is 1.89 bits per heavy atom. The minimum Gasteiger partial charge on any atom is -0.486 e. The van der Waals surface area contributed by atoms with Crippen LogP contribution in [0.4, 0.5) is 0 Å². The number of aryl methyl sites for hydroxylation is 1. The molecule has 0 N–H and O–H groups in total. The molecule has 0 radical (unpaired) electrons. The molecule has 1 aromatic heterocycles. The van der Waals surface area contributed by atoms with Crippen LogP contribution in [0.2, 0.25) is 5.02 Å². The lowest BCUT2D eigenvalue weighted by Crippen LogP contribution is -2.26. The number of amides is 1. The first-order chi connectivity index (χ1) is 13.5. The van der Waals surface area contributed by atoms with Crippen molar-refractivity contribution >= 4 is 28.8 Å². The second-order valence-electron chi connectivity index (χ2n) is 6.23. The minimum atomic E-state index is -0.0860. The number of aromatic nitrogens is 1. The van der Waals surface area contributed by atoms with Crippen molar-refractivity contribution < 1.29 is 9.53 Å². The normalized spacial score (nSPS) is 10.4. The molecule has 1 heterocycles. The molecule has 0 saturated heterocycles. The molecule has 3 rings (SSSR count). The molecule has 0 unspecified atom stereocenters. The molecule has 0 aliphatic rings. The highest BCUT2D eigenvalue weighted by molar-refractivity contribution is 7.13. The summed E-state index contributed by atoms with van der Waals surface area (Å²) >= 11 is 7.21. The summed E-state index contributed by atoms with van der Waals surface area (Å²) in [6.45, 7) is 2.57. The van der Waals surface area contributed by atoms with Gasteiger partial charge in [-0.25, -0.2) is 4.98 Å². The largest absolute Gasteiger partial charge is 0.486 e. The van der Waals surface area contributed by atoms with E-state index in [1.807, 2.05) is 19.1 Å². The van der Waals surface area contributed by atoms with Crippen LogP contribution in [0.15, 0.2) is 48.5 Å². The fourth-order valence-electron chi connectivity index (χ4n) is 2.59. The summed E-state index contributed by atoms with van der Waals surface area (Å²) in [5, 5.41) is 10.3. The lowest BCUT2D eigenvalue weighted by molar-refractivity contribution is 0.0789. The third kappa shape index (κ3) is 4.89. The van der Waals surface area contributed by atoms with Gasteiger partial charge in [0.1, 0.15) is 22.2 Å². The van der Waals surface area contributed by atoms with E-state index in [1.165, 1.54) is 11.3 Å². The highest BCUT2D eigenvalue weighted by atomic mass is 35.5. The van der Waals surface area contributed by atoms with Crippen molar-refractivity contribution in [1.82, 2.24) is 9.88 Å². The van der Waals surface area contributed by atoms with Gasteiger partial charge in [0.25, 0.3) is 5.91 Å². The number of carbonyl (C=O) groups excluding carboxylic acids is 1. The molecule has 0 aliphatic heterocycles. The maximum Gasteiger partial charge on any atom is 0.265 e. The summed E-state index contributed by atoms with van der Waals surface area (Å²) in [7, 11) is 1.75. The summed E-state index contributed by atoms with van der Waals surface area (Å²) in [4.78, 5) is 19.5. The molecule has 0 atom stereocenters. The van der Waals surface area contributed by atoms with Gasteiger partial charge in [-0.2, -0.15) is 5.26 Å². The molecular formula is C21H18ClN3O2S. The Bertz CT molecular complexity index is 1010. The highest BCUT2D eigenvalue weighted by Gasteiger charge is 2.19. The maximum absolute atomic E-state index is 12.8. The van der Waals surface area contributed by atoms with Gasteiger partial charge < -0.3 is 9.64 Å². The SMILES string of the molecule is Cc1nc(COc2ccc(Cl)cc2)sc1C(=O)N(C)Cc1ccc(C#N)cc1. The zero-order valence-corrected chi connectivity index (χ0v) is 17.0. The molecule has 142 valence electrons. The highest BCUT2D eigenvalue weighted by Crippen LogP contribution is 2.23. The van der Waals surface area contributed by atoms with Crippen LogP contribution in [0, 0.1) is 18.3 Å². The Morgan fingerprint density at radius 3 is 2.54 bits per heavy atom. The van der Waals surface area contributed by atoms with Crippen LogP contribution in [-0.4, -0.2) is 22.8 Å². The van der Waals surface area contributed by atoms with Gasteiger partial charge in [-0.05, 0) is 48.9 Å². The molecule has 0 saturated carbocycles. The van der Waals surface area contributed by atoms with Crippen LogP contribution >= 0.6 is 22.9 Å². The predicted molar refractivity (Wildman–Crippen MR) is 110 cm³/mol. The van der Waals surface area contributed by atoms with Crippen LogP contribution in [0.1, 0.15) is 31.5 Å². The zero-order valence-electron chi connectivity index (χ0n) is 15.5. The molecule has 0 bridgehead atoms. The quantitative estimate of drug-likeness (QED) is 0.582. The van der Waals surface area contributed by atoms with E-state index in [0.717, 1.165) is 10.6 Å². The smallest absolute Gasteiger partial charge is 0.265 e. The van der Waals surface area contributed by atoms with E-state index >= 15 is 0 Å². The van der Waals surface area contributed by atoms with Gasteiger partial charge in [-0.3, -0.25) is 4.79 Å². The first-order valence-electron chi connectivity index (χ1n) is 8.55. The molecule has 0 aliphatic carbocycles. The number of nitriles is 1. The van der Waals surface area contributed by atoms with Crippen LogP contribution < -0.4 is 4.74 Å². The Balaban J connectivity index is 1.64. The molecule has 28 heavy (non-hydrogen) atoms. The van der Waals surface area contributed by atoms with E-state index in [-0.39, 0.29) is 5.91 Å². The van der Waals surface area contributed by atoms with Crippen molar-refractivity contribution in [3.05, 3.63) is 80.3 Å². The molecule has 2 aromatic carbocycles. The van der Waals surface area contributed by atoms with E-state index in [0.29, 0.717) is 40.1 Å². The number of halogens is 1. The number of rotatable bonds is 6. The number of hydrogen-bond acceptors (Lipinski definition) is 5. The van der Waals surface area contributed by atoms with Crippen molar-refractivity contribution in [3.8, 4) is 11.8 Å². The number of carbonyl (C=O) groups is 1. The van der Waals surface area contributed by atoms with E-state index < -0.39 is 0 Å². The Hall–Kier alpha value is -2.88. The molecule has 7 heteroatoms. The van der Waals surface area contributed by atoms with E-state index in [2.05, 4.69) is 11.1 Å². The van der Waals surface area contributed by atoms with Crippen molar-refractivity contribution in [1.29, 1.82) is 5.26 Å². The molecule has 3 aromatic rings. The number of ether oxygens (including phenoxy) is 1. The number of benzene rings is 2. The third-order valence-corrected chi connectivity index (χ3v) is 5.43. The molecule has 0 spiro atoms. The zero-order chi connectivity index (χ0) is 20.1. The van der Waals surface area contributed by atoms with E-state index in [1.54, 1.807) is 48.3 Å². The maximum atomic E-state index is 12.8.